The quantitative estimate of drug-likeness (QED) is 0.881. The lowest BCUT2D eigenvalue weighted by molar-refractivity contribution is 0.168. The zero-order valence-electron chi connectivity index (χ0n) is 9.28. The standard InChI is InChI=1S/C13H10BrF2NO/c14-9-3-4-10(15)12(13(9)16)11(18)6-8-2-1-5-17-7-8/h1-5,7,11,18H,6H2. The average Bonchev–Trinajstić information content (AvgIpc) is 2.36. The number of pyridine rings is 1. The van der Waals surface area contributed by atoms with Crippen molar-refractivity contribution in [3.8, 4) is 0 Å². The van der Waals surface area contributed by atoms with Crippen molar-refractivity contribution in [3.63, 3.8) is 0 Å². The molecular formula is C13H10BrF2NO. The summed E-state index contributed by atoms with van der Waals surface area (Å²) in [6, 6.07) is 5.83. The number of hydrogen-bond acceptors (Lipinski definition) is 2. The second-order valence-corrected chi connectivity index (χ2v) is 4.69. The maximum atomic E-state index is 13.8. The molecule has 2 nitrogen and oxygen atoms in total. The van der Waals surface area contributed by atoms with Crippen molar-refractivity contribution < 1.29 is 13.9 Å². The molecule has 0 fully saturated rings. The maximum Gasteiger partial charge on any atom is 0.146 e. The fourth-order valence-electron chi connectivity index (χ4n) is 1.69. The molecule has 0 bridgehead atoms. The summed E-state index contributed by atoms with van der Waals surface area (Å²) >= 11 is 2.97. The van der Waals surface area contributed by atoms with E-state index in [1.54, 1.807) is 24.5 Å². The second kappa shape index (κ2) is 5.54. The molecule has 18 heavy (non-hydrogen) atoms. The van der Waals surface area contributed by atoms with Crippen LogP contribution in [0.4, 0.5) is 8.78 Å². The molecule has 1 N–H and O–H groups in total. The molecular weight excluding hydrogens is 304 g/mol. The Labute approximate surface area is 111 Å². The van der Waals surface area contributed by atoms with Gasteiger partial charge in [0, 0.05) is 18.8 Å². The summed E-state index contributed by atoms with van der Waals surface area (Å²) in [4.78, 5) is 3.89. The predicted molar refractivity (Wildman–Crippen MR) is 67.0 cm³/mol. The Hall–Kier alpha value is -1.33. The van der Waals surface area contributed by atoms with E-state index in [0.29, 0.717) is 5.56 Å². The van der Waals surface area contributed by atoms with Gasteiger partial charge in [-0.25, -0.2) is 8.78 Å². The molecule has 1 aromatic heterocycles. The van der Waals surface area contributed by atoms with Gasteiger partial charge in [0.1, 0.15) is 11.6 Å². The molecule has 0 saturated heterocycles. The summed E-state index contributed by atoms with van der Waals surface area (Å²) in [7, 11) is 0. The van der Waals surface area contributed by atoms with E-state index < -0.39 is 17.7 Å². The van der Waals surface area contributed by atoms with E-state index in [1.165, 1.54) is 6.07 Å². The Balaban J connectivity index is 2.29. The van der Waals surface area contributed by atoms with E-state index in [4.69, 9.17) is 0 Å². The third-order valence-electron chi connectivity index (χ3n) is 2.56. The van der Waals surface area contributed by atoms with E-state index in [1.807, 2.05) is 0 Å². The Kier molecular flexibility index (Phi) is 4.04. The van der Waals surface area contributed by atoms with E-state index in [9.17, 15) is 13.9 Å². The summed E-state index contributed by atoms with van der Waals surface area (Å²) in [6.07, 6.45) is 2.01. The number of aliphatic hydroxyl groups excluding tert-OH is 1. The Bertz CT molecular complexity index is 548. The summed E-state index contributed by atoms with van der Waals surface area (Å²) in [5.41, 5.74) is 0.386. The van der Waals surface area contributed by atoms with Crippen LogP contribution >= 0.6 is 15.9 Å². The first-order valence-corrected chi connectivity index (χ1v) is 6.09. The van der Waals surface area contributed by atoms with Crippen LogP contribution in [-0.4, -0.2) is 10.1 Å². The number of benzene rings is 1. The van der Waals surface area contributed by atoms with Gasteiger partial charge in [-0.05, 0) is 39.7 Å². The SMILES string of the molecule is OC(Cc1cccnc1)c1c(F)ccc(Br)c1F. The smallest absolute Gasteiger partial charge is 0.146 e. The van der Waals surface area contributed by atoms with Crippen molar-refractivity contribution >= 4 is 15.9 Å². The highest BCUT2D eigenvalue weighted by atomic mass is 79.9. The van der Waals surface area contributed by atoms with Gasteiger partial charge in [0.2, 0.25) is 0 Å². The largest absolute Gasteiger partial charge is 0.388 e. The van der Waals surface area contributed by atoms with Crippen molar-refractivity contribution in [2.24, 2.45) is 0 Å². The van der Waals surface area contributed by atoms with Gasteiger partial charge in [-0.2, -0.15) is 0 Å². The lowest BCUT2D eigenvalue weighted by atomic mass is 10.0. The van der Waals surface area contributed by atoms with Gasteiger partial charge in [-0.15, -0.1) is 0 Å². The summed E-state index contributed by atoms with van der Waals surface area (Å²) < 4.78 is 27.4. The monoisotopic (exact) mass is 313 g/mol. The molecule has 2 rings (SSSR count). The third kappa shape index (κ3) is 2.73. The summed E-state index contributed by atoms with van der Waals surface area (Å²) in [6.45, 7) is 0. The maximum absolute atomic E-state index is 13.8. The first-order valence-electron chi connectivity index (χ1n) is 5.30. The van der Waals surface area contributed by atoms with Crippen LogP contribution in [0.3, 0.4) is 0 Å². The van der Waals surface area contributed by atoms with Crippen LogP contribution in [-0.2, 0) is 6.42 Å². The number of nitrogens with zero attached hydrogens (tertiary/aromatic N) is 1. The second-order valence-electron chi connectivity index (χ2n) is 3.84. The molecule has 0 aliphatic rings. The van der Waals surface area contributed by atoms with Crippen LogP contribution in [0.15, 0.2) is 41.1 Å². The number of halogens is 3. The van der Waals surface area contributed by atoms with Crippen LogP contribution in [0.25, 0.3) is 0 Å². The third-order valence-corrected chi connectivity index (χ3v) is 3.18. The lowest BCUT2D eigenvalue weighted by Gasteiger charge is -2.13. The van der Waals surface area contributed by atoms with Crippen molar-refractivity contribution in [3.05, 3.63) is 63.9 Å². The van der Waals surface area contributed by atoms with Crippen LogP contribution < -0.4 is 0 Å². The number of rotatable bonds is 3. The summed E-state index contributed by atoms with van der Waals surface area (Å²) in [5, 5.41) is 9.93. The highest BCUT2D eigenvalue weighted by Gasteiger charge is 2.20. The van der Waals surface area contributed by atoms with Gasteiger partial charge in [0.05, 0.1) is 16.1 Å². The normalized spacial score (nSPS) is 12.4. The molecule has 0 aliphatic carbocycles. The fraction of sp³-hybridized carbons (Fsp3) is 0.154. The minimum absolute atomic E-state index is 0.109. The van der Waals surface area contributed by atoms with E-state index in [2.05, 4.69) is 20.9 Å². The molecule has 1 unspecified atom stereocenters. The molecule has 5 heteroatoms. The van der Waals surface area contributed by atoms with Gasteiger partial charge in [0.25, 0.3) is 0 Å². The molecule has 0 saturated carbocycles. The topological polar surface area (TPSA) is 33.1 Å². The molecule has 94 valence electrons. The van der Waals surface area contributed by atoms with Crippen LogP contribution in [0.2, 0.25) is 0 Å². The van der Waals surface area contributed by atoms with Gasteiger partial charge in [-0.1, -0.05) is 6.07 Å². The molecule has 0 spiro atoms. The van der Waals surface area contributed by atoms with E-state index in [0.717, 1.165) is 6.07 Å². The van der Waals surface area contributed by atoms with E-state index in [-0.39, 0.29) is 16.5 Å². The van der Waals surface area contributed by atoms with Crippen LogP contribution in [0.5, 0.6) is 0 Å². The van der Waals surface area contributed by atoms with Gasteiger partial charge >= 0.3 is 0 Å². The van der Waals surface area contributed by atoms with Crippen LogP contribution in [0.1, 0.15) is 17.2 Å². The zero-order valence-corrected chi connectivity index (χ0v) is 10.9. The molecule has 1 heterocycles. The Morgan fingerprint density at radius 2 is 2.06 bits per heavy atom. The highest BCUT2D eigenvalue weighted by molar-refractivity contribution is 9.10. The number of aliphatic hydroxyl groups is 1. The molecule has 1 aromatic carbocycles. The van der Waals surface area contributed by atoms with Crippen molar-refractivity contribution in [2.75, 3.05) is 0 Å². The van der Waals surface area contributed by atoms with E-state index >= 15 is 0 Å². The average molecular weight is 314 g/mol. The zero-order chi connectivity index (χ0) is 13.1. The van der Waals surface area contributed by atoms with Crippen molar-refractivity contribution in [1.29, 1.82) is 0 Å². The van der Waals surface area contributed by atoms with Crippen molar-refractivity contribution in [2.45, 2.75) is 12.5 Å². The molecule has 0 amide bonds. The molecule has 0 aliphatic heterocycles. The summed E-state index contributed by atoms with van der Waals surface area (Å²) in [5.74, 6) is -1.53. The lowest BCUT2D eigenvalue weighted by Crippen LogP contribution is -2.08. The fourth-order valence-corrected chi connectivity index (χ4v) is 2.04. The number of aromatic nitrogens is 1. The highest BCUT2D eigenvalue weighted by Crippen LogP contribution is 2.28. The minimum atomic E-state index is -1.24. The Morgan fingerprint density at radius 1 is 1.28 bits per heavy atom. The Morgan fingerprint density at radius 3 is 2.72 bits per heavy atom. The molecule has 1 atom stereocenters. The first-order chi connectivity index (χ1) is 8.59. The molecule has 2 aromatic rings. The minimum Gasteiger partial charge on any atom is -0.388 e. The van der Waals surface area contributed by atoms with Crippen LogP contribution in [0, 0.1) is 11.6 Å². The first kappa shape index (κ1) is 13.1. The van der Waals surface area contributed by atoms with Gasteiger partial charge in [0.15, 0.2) is 0 Å². The van der Waals surface area contributed by atoms with Gasteiger partial charge in [-0.3, -0.25) is 4.98 Å². The van der Waals surface area contributed by atoms with Crippen molar-refractivity contribution in [1.82, 2.24) is 4.98 Å². The number of hydrogen-bond donors (Lipinski definition) is 1. The molecule has 0 radical (unpaired) electrons. The predicted octanol–water partition coefficient (Wildman–Crippen LogP) is 3.40. The van der Waals surface area contributed by atoms with Gasteiger partial charge < -0.3 is 5.11 Å².